The van der Waals surface area contributed by atoms with Gasteiger partial charge in [-0.25, -0.2) is 0 Å². The normalized spacial score (nSPS) is 23.8. The van der Waals surface area contributed by atoms with Gasteiger partial charge in [0.2, 0.25) is 0 Å². The summed E-state index contributed by atoms with van der Waals surface area (Å²) in [6.07, 6.45) is 3.81. The van der Waals surface area contributed by atoms with Crippen LogP contribution in [0.2, 0.25) is 0 Å². The molecule has 2 unspecified atom stereocenters. The molecule has 0 amide bonds. The fourth-order valence-corrected chi connectivity index (χ4v) is 2.99. The lowest BCUT2D eigenvalue weighted by Crippen LogP contribution is -2.02. The van der Waals surface area contributed by atoms with E-state index in [0.717, 1.165) is 31.2 Å². The maximum atomic E-state index is 10.9. The van der Waals surface area contributed by atoms with Crippen molar-refractivity contribution in [2.75, 3.05) is 0 Å². The molecule has 0 spiro atoms. The Hall–Kier alpha value is -1.38. The first-order chi connectivity index (χ1) is 8.49. The molecular weight excluding hydrogens is 250 g/mol. The highest BCUT2D eigenvalue weighted by Gasteiger charge is 2.24. The number of hydrogen-bond donors (Lipinski definition) is 1. The Balaban J connectivity index is 2.02. The average molecular weight is 265 g/mol. The quantitative estimate of drug-likeness (QED) is 0.851. The zero-order chi connectivity index (χ0) is 13.2. The van der Waals surface area contributed by atoms with Crippen LogP contribution in [0, 0.1) is 23.2 Å². The van der Waals surface area contributed by atoms with E-state index in [9.17, 15) is 8.42 Å². The summed E-state index contributed by atoms with van der Waals surface area (Å²) in [5.74, 6) is 0.679. The van der Waals surface area contributed by atoms with E-state index in [1.54, 1.807) is 12.1 Å². The van der Waals surface area contributed by atoms with Crippen molar-refractivity contribution < 1.29 is 13.0 Å². The summed E-state index contributed by atoms with van der Waals surface area (Å²) < 4.78 is 30.6. The molecule has 0 aliphatic heterocycles. The molecule has 1 saturated carbocycles. The molecule has 1 aromatic rings. The summed E-state index contributed by atoms with van der Waals surface area (Å²) in [5, 5.41) is 8.83. The first-order valence-electron chi connectivity index (χ1n) is 5.95. The van der Waals surface area contributed by atoms with Crippen LogP contribution in [0.1, 0.15) is 24.8 Å². The summed E-state index contributed by atoms with van der Waals surface area (Å²) in [7, 11) is -4.10. The van der Waals surface area contributed by atoms with Crippen molar-refractivity contribution in [1.82, 2.24) is 0 Å². The Morgan fingerprint density at radius 3 is 2.44 bits per heavy atom. The van der Waals surface area contributed by atoms with Crippen molar-refractivity contribution in [3.05, 3.63) is 29.8 Å². The SMILES string of the molecule is N#CC1CCC(Cc2ccc(S(=O)(=O)O)cc2)C1. The Morgan fingerprint density at radius 1 is 1.28 bits per heavy atom. The van der Waals surface area contributed by atoms with Gasteiger partial charge in [-0.3, -0.25) is 4.55 Å². The average Bonchev–Trinajstić information content (AvgIpc) is 2.76. The maximum Gasteiger partial charge on any atom is 0.294 e. The second kappa shape index (κ2) is 5.09. The maximum absolute atomic E-state index is 10.9. The van der Waals surface area contributed by atoms with E-state index in [-0.39, 0.29) is 10.8 Å². The molecule has 0 saturated heterocycles. The van der Waals surface area contributed by atoms with E-state index < -0.39 is 10.1 Å². The van der Waals surface area contributed by atoms with E-state index in [1.165, 1.54) is 12.1 Å². The first kappa shape index (κ1) is 13.1. The van der Waals surface area contributed by atoms with Gasteiger partial charge in [0.05, 0.1) is 11.0 Å². The van der Waals surface area contributed by atoms with Gasteiger partial charge in [0, 0.05) is 5.92 Å². The lowest BCUT2D eigenvalue weighted by Gasteiger charge is -2.09. The summed E-state index contributed by atoms with van der Waals surface area (Å²) >= 11 is 0. The van der Waals surface area contributed by atoms with Gasteiger partial charge in [0.25, 0.3) is 10.1 Å². The monoisotopic (exact) mass is 265 g/mol. The van der Waals surface area contributed by atoms with Gasteiger partial charge in [-0.05, 0) is 49.3 Å². The summed E-state index contributed by atoms with van der Waals surface area (Å²) in [4.78, 5) is -0.0763. The highest BCUT2D eigenvalue weighted by atomic mass is 32.2. The van der Waals surface area contributed by atoms with E-state index in [1.807, 2.05) is 0 Å². The molecule has 18 heavy (non-hydrogen) atoms. The van der Waals surface area contributed by atoms with Gasteiger partial charge in [0.1, 0.15) is 0 Å². The van der Waals surface area contributed by atoms with E-state index in [4.69, 9.17) is 9.81 Å². The van der Waals surface area contributed by atoms with Gasteiger partial charge in [-0.1, -0.05) is 12.1 Å². The number of benzene rings is 1. The highest BCUT2D eigenvalue weighted by Crippen LogP contribution is 2.32. The largest absolute Gasteiger partial charge is 0.294 e. The van der Waals surface area contributed by atoms with Gasteiger partial charge in [0.15, 0.2) is 0 Å². The van der Waals surface area contributed by atoms with Crippen LogP contribution in [0.5, 0.6) is 0 Å². The molecule has 1 aliphatic carbocycles. The molecule has 0 bridgehead atoms. The zero-order valence-electron chi connectivity index (χ0n) is 9.91. The molecule has 4 nitrogen and oxygen atoms in total. The molecule has 0 radical (unpaired) electrons. The molecule has 5 heteroatoms. The molecule has 1 N–H and O–H groups in total. The molecular formula is C13H15NO3S. The van der Waals surface area contributed by atoms with Gasteiger partial charge < -0.3 is 0 Å². The van der Waals surface area contributed by atoms with Crippen LogP contribution in [0.3, 0.4) is 0 Å². The van der Waals surface area contributed by atoms with Crippen LogP contribution in [0.4, 0.5) is 0 Å². The number of nitriles is 1. The highest BCUT2D eigenvalue weighted by molar-refractivity contribution is 7.85. The molecule has 0 heterocycles. The van der Waals surface area contributed by atoms with Gasteiger partial charge in [-0.2, -0.15) is 13.7 Å². The van der Waals surface area contributed by atoms with Crippen LogP contribution < -0.4 is 0 Å². The fourth-order valence-electron chi connectivity index (χ4n) is 2.51. The number of hydrogen-bond acceptors (Lipinski definition) is 3. The Morgan fingerprint density at radius 2 is 1.94 bits per heavy atom. The van der Waals surface area contributed by atoms with E-state index in [2.05, 4.69) is 6.07 Å². The molecule has 96 valence electrons. The predicted molar refractivity (Wildman–Crippen MR) is 66.4 cm³/mol. The molecule has 2 atom stereocenters. The Kier molecular flexibility index (Phi) is 3.69. The Bertz CT molecular complexity index is 557. The zero-order valence-corrected chi connectivity index (χ0v) is 10.7. The van der Waals surface area contributed by atoms with E-state index >= 15 is 0 Å². The van der Waals surface area contributed by atoms with Crippen LogP contribution in [-0.2, 0) is 16.5 Å². The molecule has 1 aliphatic rings. The minimum Gasteiger partial charge on any atom is -0.282 e. The Labute approximate surface area is 107 Å². The molecule has 1 aromatic carbocycles. The van der Waals surface area contributed by atoms with Crippen molar-refractivity contribution in [2.45, 2.75) is 30.6 Å². The third kappa shape index (κ3) is 3.09. The minimum atomic E-state index is -4.10. The van der Waals surface area contributed by atoms with E-state index in [0.29, 0.717) is 5.92 Å². The predicted octanol–water partition coefficient (Wildman–Crippen LogP) is 2.42. The second-order valence-corrected chi connectivity index (χ2v) is 6.25. The van der Waals surface area contributed by atoms with Gasteiger partial charge in [-0.15, -0.1) is 0 Å². The van der Waals surface area contributed by atoms with Crippen molar-refractivity contribution in [1.29, 1.82) is 5.26 Å². The first-order valence-corrected chi connectivity index (χ1v) is 7.39. The van der Waals surface area contributed by atoms with Gasteiger partial charge >= 0.3 is 0 Å². The second-order valence-electron chi connectivity index (χ2n) is 4.83. The van der Waals surface area contributed by atoms with Crippen molar-refractivity contribution in [2.24, 2.45) is 11.8 Å². The van der Waals surface area contributed by atoms with Crippen molar-refractivity contribution in [3.63, 3.8) is 0 Å². The topological polar surface area (TPSA) is 78.2 Å². The summed E-state index contributed by atoms with van der Waals surface area (Å²) in [5.41, 5.74) is 1.05. The standard InChI is InChI=1S/C13H15NO3S/c14-9-12-2-1-11(8-12)7-10-3-5-13(6-4-10)18(15,16)17/h3-6,11-12H,1-2,7-8H2,(H,15,16,17). The summed E-state index contributed by atoms with van der Waals surface area (Å²) in [6, 6.07) is 8.58. The number of rotatable bonds is 3. The van der Waals surface area contributed by atoms with Crippen LogP contribution in [0.15, 0.2) is 29.2 Å². The van der Waals surface area contributed by atoms with Crippen LogP contribution in [-0.4, -0.2) is 13.0 Å². The third-order valence-corrected chi connectivity index (χ3v) is 4.34. The number of nitrogens with zero attached hydrogens (tertiary/aromatic N) is 1. The molecule has 1 fully saturated rings. The smallest absolute Gasteiger partial charge is 0.282 e. The molecule has 0 aromatic heterocycles. The lowest BCUT2D eigenvalue weighted by atomic mass is 9.97. The minimum absolute atomic E-state index is 0.0763. The fraction of sp³-hybridized carbons (Fsp3) is 0.462. The third-order valence-electron chi connectivity index (χ3n) is 3.47. The van der Waals surface area contributed by atoms with Crippen molar-refractivity contribution >= 4 is 10.1 Å². The summed E-state index contributed by atoms with van der Waals surface area (Å²) in [6.45, 7) is 0. The lowest BCUT2D eigenvalue weighted by molar-refractivity contribution is 0.483. The molecule has 2 rings (SSSR count). The van der Waals surface area contributed by atoms with Crippen LogP contribution in [0.25, 0.3) is 0 Å². The van der Waals surface area contributed by atoms with Crippen LogP contribution >= 0.6 is 0 Å². The van der Waals surface area contributed by atoms with Crippen molar-refractivity contribution in [3.8, 4) is 6.07 Å².